The maximum Gasteiger partial charge on any atom is 0.129 e. The van der Waals surface area contributed by atoms with Crippen LogP contribution in [0, 0.1) is 17.2 Å². The van der Waals surface area contributed by atoms with Gasteiger partial charge in [0, 0.05) is 25.2 Å². The molecule has 2 N–H and O–H groups in total. The smallest absolute Gasteiger partial charge is 0.129 e. The zero-order valence-corrected chi connectivity index (χ0v) is 7.85. The van der Waals surface area contributed by atoms with Gasteiger partial charge in [-0.2, -0.15) is 5.26 Å². The van der Waals surface area contributed by atoms with Crippen LogP contribution in [0.25, 0.3) is 0 Å². The van der Waals surface area contributed by atoms with E-state index in [-0.39, 0.29) is 0 Å². The van der Waals surface area contributed by atoms with E-state index in [1.807, 2.05) is 6.07 Å². The number of hydrogen-bond donors (Lipinski definition) is 1. The summed E-state index contributed by atoms with van der Waals surface area (Å²) in [5, 5.41) is 8.72. The number of nitriles is 1. The standard InChI is InChI=1S/C10H12N4/c11-4-8-1-2-13-10(3-8)14-6-9(5-12)7-14/h1-3,9H,5-7,12H2. The maximum atomic E-state index is 8.72. The number of anilines is 1. The van der Waals surface area contributed by atoms with Gasteiger partial charge in [-0.1, -0.05) is 0 Å². The quantitative estimate of drug-likeness (QED) is 0.727. The van der Waals surface area contributed by atoms with Crippen molar-refractivity contribution in [2.75, 3.05) is 24.5 Å². The van der Waals surface area contributed by atoms with E-state index in [9.17, 15) is 0 Å². The maximum absolute atomic E-state index is 8.72. The fourth-order valence-electron chi connectivity index (χ4n) is 1.57. The third kappa shape index (κ3) is 1.54. The largest absolute Gasteiger partial charge is 0.356 e. The summed E-state index contributed by atoms with van der Waals surface area (Å²) in [4.78, 5) is 6.35. The lowest BCUT2D eigenvalue weighted by Gasteiger charge is -2.39. The van der Waals surface area contributed by atoms with E-state index < -0.39 is 0 Å². The summed E-state index contributed by atoms with van der Waals surface area (Å²) < 4.78 is 0. The molecule has 0 amide bonds. The lowest BCUT2D eigenvalue weighted by Crippen LogP contribution is -2.50. The highest BCUT2D eigenvalue weighted by Gasteiger charge is 2.26. The highest BCUT2D eigenvalue weighted by atomic mass is 15.2. The molecule has 4 heteroatoms. The molecule has 0 saturated carbocycles. The molecule has 1 aliphatic rings. The van der Waals surface area contributed by atoms with E-state index in [4.69, 9.17) is 11.0 Å². The Balaban J connectivity index is 2.08. The predicted molar refractivity (Wildman–Crippen MR) is 53.7 cm³/mol. The van der Waals surface area contributed by atoms with Gasteiger partial charge in [-0.15, -0.1) is 0 Å². The average molecular weight is 188 g/mol. The number of pyridine rings is 1. The van der Waals surface area contributed by atoms with Crippen LogP contribution in [-0.2, 0) is 0 Å². The molecule has 14 heavy (non-hydrogen) atoms. The summed E-state index contributed by atoms with van der Waals surface area (Å²) in [5.74, 6) is 1.47. The molecule has 0 aromatic carbocycles. The molecule has 4 nitrogen and oxygen atoms in total. The summed E-state index contributed by atoms with van der Waals surface area (Å²) in [6.45, 7) is 2.64. The van der Waals surface area contributed by atoms with E-state index in [0.29, 0.717) is 11.5 Å². The van der Waals surface area contributed by atoms with Crippen molar-refractivity contribution in [3.8, 4) is 6.07 Å². The van der Waals surface area contributed by atoms with Gasteiger partial charge in [0.05, 0.1) is 11.6 Å². The summed E-state index contributed by atoms with van der Waals surface area (Å²) in [6, 6.07) is 5.63. The monoisotopic (exact) mass is 188 g/mol. The second-order valence-corrected chi connectivity index (χ2v) is 3.52. The molecule has 2 heterocycles. The molecular weight excluding hydrogens is 176 g/mol. The van der Waals surface area contributed by atoms with E-state index in [0.717, 1.165) is 25.5 Å². The van der Waals surface area contributed by atoms with Crippen LogP contribution in [0.1, 0.15) is 5.56 Å². The van der Waals surface area contributed by atoms with E-state index >= 15 is 0 Å². The first kappa shape index (κ1) is 8.97. The second-order valence-electron chi connectivity index (χ2n) is 3.52. The summed E-state index contributed by atoms with van der Waals surface area (Å²) in [5.41, 5.74) is 6.19. The van der Waals surface area contributed by atoms with E-state index in [2.05, 4.69) is 16.0 Å². The molecule has 1 fully saturated rings. The van der Waals surface area contributed by atoms with E-state index in [1.54, 1.807) is 12.3 Å². The molecule has 0 bridgehead atoms. The topological polar surface area (TPSA) is 65.9 Å². The number of aromatic nitrogens is 1. The van der Waals surface area contributed by atoms with Gasteiger partial charge >= 0.3 is 0 Å². The molecule has 1 aromatic heterocycles. The molecule has 1 aliphatic heterocycles. The normalized spacial score (nSPS) is 16.1. The van der Waals surface area contributed by atoms with Crippen molar-refractivity contribution in [3.05, 3.63) is 23.9 Å². The van der Waals surface area contributed by atoms with Crippen LogP contribution in [-0.4, -0.2) is 24.6 Å². The minimum Gasteiger partial charge on any atom is -0.356 e. The highest BCUT2D eigenvalue weighted by molar-refractivity contribution is 5.46. The molecule has 0 unspecified atom stereocenters. The molecule has 0 radical (unpaired) electrons. The number of nitrogens with zero attached hydrogens (tertiary/aromatic N) is 3. The van der Waals surface area contributed by atoms with Crippen LogP contribution in [0.3, 0.4) is 0 Å². The Morgan fingerprint density at radius 3 is 3.07 bits per heavy atom. The zero-order chi connectivity index (χ0) is 9.97. The third-order valence-corrected chi connectivity index (χ3v) is 2.49. The van der Waals surface area contributed by atoms with Gasteiger partial charge in [0.2, 0.25) is 0 Å². The van der Waals surface area contributed by atoms with Crippen LogP contribution >= 0.6 is 0 Å². The van der Waals surface area contributed by atoms with Crippen LogP contribution in [0.4, 0.5) is 5.82 Å². The highest BCUT2D eigenvalue weighted by Crippen LogP contribution is 2.22. The zero-order valence-electron chi connectivity index (χ0n) is 7.85. The van der Waals surface area contributed by atoms with Crippen LogP contribution in [0.15, 0.2) is 18.3 Å². The summed E-state index contributed by atoms with van der Waals surface area (Å²) in [7, 11) is 0. The molecule has 0 atom stereocenters. The van der Waals surface area contributed by atoms with Gasteiger partial charge in [0.1, 0.15) is 5.82 Å². The second kappa shape index (κ2) is 3.64. The fraction of sp³-hybridized carbons (Fsp3) is 0.400. The van der Waals surface area contributed by atoms with Gasteiger partial charge in [-0.25, -0.2) is 4.98 Å². The molecule has 1 saturated heterocycles. The number of nitrogens with two attached hydrogens (primary N) is 1. The molecule has 1 aromatic rings. The van der Waals surface area contributed by atoms with Gasteiger partial charge < -0.3 is 10.6 Å². The Bertz CT molecular complexity index is 363. The lowest BCUT2D eigenvalue weighted by atomic mass is 10.0. The van der Waals surface area contributed by atoms with Gasteiger partial charge in [0.15, 0.2) is 0 Å². The van der Waals surface area contributed by atoms with Crippen molar-refractivity contribution in [2.45, 2.75) is 0 Å². The Kier molecular flexibility index (Phi) is 2.33. The van der Waals surface area contributed by atoms with Gasteiger partial charge in [-0.05, 0) is 18.7 Å². The summed E-state index contributed by atoms with van der Waals surface area (Å²) >= 11 is 0. The first-order valence-electron chi connectivity index (χ1n) is 4.64. The Hall–Kier alpha value is -1.60. The average Bonchev–Trinajstić information content (AvgIpc) is 2.17. The fourth-order valence-corrected chi connectivity index (χ4v) is 1.57. The number of rotatable bonds is 2. The van der Waals surface area contributed by atoms with Crippen molar-refractivity contribution < 1.29 is 0 Å². The minimum atomic E-state index is 0.586. The first-order chi connectivity index (χ1) is 6.83. The molecular formula is C10H12N4. The third-order valence-electron chi connectivity index (χ3n) is 2.49. The van der Waals surface area contributed by atoms with Crippen molar-refractivity contribution in [1.82, 2.24) is 4.98 Å². The first-order valence-corrected chi connectivity index (χ1v) is 4.64. The lowest BCUT2D eigenvalue weighted by molar-refractivity contribution is 0.417. The SMILES string of the molecule is N#Cc1ccnc(N2CC(CN)C2)c1. The van der Waals surface area contributed by atoms with Crippen molar-refractivity contribution in [1.29, 1.82) is 5.26 Å². The van der Waals surface area contributed by atoms with Crippen molar-refractivity contribution in [2.24, 2.45) is 11.7 Å². The molecule has 2 rings (SSSR count). The predicted octanol–water partition coefficient (Wildman–Crippen LogP) is 0.348. The summed E-state index contributed by atoms with van der Waals surface area (Å²) in [6.07, 6.45) is 1.67. The van der Waals surface area contributed by atoms with Gasteiger partial charge in [0.25, 0.3) is 0 Å². The Morgan fingerprint density at radius 1 is 1.64 bits per heavy atom. The van der Waals surface area contributed by atoms with Crippen molar-refractivity contribution in [3.63, 3.8) is 0 Å². The van der Waals surface area contributed by atoms with Gasteiger partial charge in [-0.3, -0.25) is 0 Å². The minimum absolute atomic E-state index is 0.586. The molecule has 0 spiro atoms. The Morgan fingerprint density at radius 2 is 2.43 bits per heavy atom. The van der Waals surface area contributed by atoms with E-state index in [1.165, 1.54) is 0 Å². The van der Waals surface area contributed by atoms with Crippen molar-refractivity contribution >= 4 is 5.82 Å². The molecule has 0 aliphatic carbocycles. The van der Waals surface area contributed by atoms with Crippen LogP contribution < -0.4 is 10.6 Å². The molecule has 72 valence electrons. The van der Waals surface area contributed by atoms with Crippen LogP contribution in [0.5, 0.6) is 0 Å². The Labute approximate surface area is 83.0 Å². The van der Waals surface area contributed by atoms with Crippen LogP contribution in [0.2, 0.25) is 0 Å². The number of hydrogen-bond acceptors (Lipinski definition) is 4.